The van der Waals surface area contributed by atoms with Crippen LogP contribution in [0.5, 0.6) is 0 Å². The lowest BCUT2D eigenvalue weighted by Crippen LogP contribution is -1.93. The average Bonchev–Trinajstić information content (AvgIpc) is 2.62. The van der Waals surface area contributed by atoms with Crippen LogP contribution in [0.4, 0.5) is 0 Å². The van der Waals surface area contributed by atoms with Crippen LogP contribution in [0, 0.1) is 0 Å². The van der Waals surface area contributed by atoms with E-state index in [2.05, 4.69) is 32.1 Å². The molecule has 22 heavy (non-hydrogen) atoms. The van der Waals surface area contributed by atoms with E-state index < -0.39 is 0 Å². The summed E-state index contributed by atoms with van der Waals surface area (Å²) in [5, 5.41) is 2.19. The first-order chi connectivity index (χ1) is 10.9. The van der Waals surface area contributed by atoms with E-state index in [0.717, 1.165) is 21.9 Å². The summed E-state index contributed by atoms with van der Waals surface area (Å²) in [4.78, 5) is 17.5. The van der Waals surface area contributed by atoms with Gasteiger partial charge in [0.1, 0.15) is 0 Å². The fourth-order valence-corrected chi connectivity index (χ4v) is 2.59. The lowest BCUT2D eigenvalue weighted by molar-refractivity contribution is 1.17. The van der Waals surface area contributed by atoms with Crippen LogP contribution in [-0.2, 0) is 0 Å². The number of benzene rings is 2. The Labute approximate surface area is 127 Å². The van der Waals surface area contributed by atoms with Crippen molar-refractivity contribution in [3.8, 4) is 22.8 Å². The van der Waals surface area contributed by atoms with Gasteiger partial charge in [0.15, 0.2) is 11.6 Å². The van der Waals surface area contributed by atoms with Crippen molar-refractivity contribution in [3.05, 3.63) is 73.3 Å². The number of hydrogen-bond donors (Lipinski definition) is 0. The minimum atomic E-state index is 0.705. The SMILES string of the molecule is c1cnc(-c2cccc3cccc(-c4ncccn4)c23)nc1. The van der Waals surface area contributed by atoms with Gasteiger partial charge in [-0.05, 0) is 17.5 Å². The molecule has 0 bridgehead atoms. The highest BCUT2D eigenvalue weighted by atomic mass is 14.9. The molecule has 0 saturated carbocycles. The van der Waals surface area contributed by atoms with E-state index in [-0.39, 0.29) is 0 Å². The zero-order chi connectivity index (χ0) is 14.8. The molecule has 0 unspecified atom stereocenters. The van der Waals surface area contributed by atoms with Crippen molar-refractivity contribution in [2.75, 3.05) is 0 Å². The second-order valence-corrected chi connectivity index (χ2v) is 4.85. The maximum absolute atomic E-state index is 4.38. The Balaban J connectivity index is 2.07. The molecule has 4 rings (SSSR count). The number of nitrogens with zero attached hydrogens (tertiary/aromatic N) is 4. The fraction of sp³-hybridized carbons (Fsp3) is 0. The number of fused-ring (bicyclic) bond motifs is 1. The molecule has 2 aromatic heterocycles. The molecule has 0 fully saturated rings. The Morgan fingerprint density at radius 2 is 0.955 bits per heavy atom. The largest absolute Gasteiger partial charge is 0.237 e. The Hall–Kier alpha value is -3.14. The number of rotatable bonds is 2. The van der Waals surface area contributed by atoms with Gasteiger partial charge in [0.2, 0.25) is 0 Å². The van der Waals surface area contributed by atoms with Crippen LogP contribution in [0.15, 0.2) is 73.3 Å². The zero-order valence-corrected chi connectivity index (χ0v) is 11.7. The molecule has 0 N–H and O–H groups in total. The molecule has 0 radical (unpaired) electrons. The molecule has 0 aliphatic rings. The fourth-order valence-electron chi connectivity index (χ4n) is 2.59. The summed E-state index contributed by atoms with van der Waals surface area (Å²) in [5.74, 6) is 1.41. The van der Waals surface area contributed by atoms with Crippen LogP contribution >= 0.6 is 0 Å². The molecule has 0 aliphatic carbocycles. The minimum absolute atomic E-state index is 0.705. The van der Waals surface area contributed by atoms with Crippen molar-refractivity contribution >= 4 is 10.8 Å². The van der Waals surface area contributed by atoms with Crippen molar-refractivity contribution < 1.29 is 0 Å². The molecule has 4 heteroatoms. The van der Waals surface area contributed by atoms with Crippen LogP contribution in [0.2, 0.25) is 0 Å². The van der Waals surface area contributed by atoms with Gasteiger partial charge in [-0.15, -0.1) is 0 Å². The Bertz CT molecular complexity index is 847. The predicted octanol–water partition coefficient (Wildman–Crippen LogP) is 3.75. The van der Waals surface area contributed by atoms with Crippen molar-refractivity contribution in [3.63, 3.8) is 0 Å². The topological polar surface area (TPSA) is 51.6 Å². The molecule has 2 aromatic carbocycles. The molecule has 2 heterocycles. The third-order valence-electron chi connectivity index (χ3n) is 3.52. The molecule has 4 nitrogen and oxygen atoms in total. The average molecular weight is 284 g/mol. The lowest BCUT2D eigenvalue weighted by atomic mass is 9.98. The third-order valence-corrected chi connectivity index (χ3v) is 3.52. The van der Waals surface area contributed by atoms with Crippen LogP contribution in [0.3, 0.4) is 0 Å². The second kappa shape index (κ2) is 5.33. The lowest BCUT2D eigenvalue weighted by Gasteiger charge is -2.10. The normalized spacial score (nSPS) is 10.7. The van der Waals surface area contributed by atoms with Gasteiger partial charge >= 0.3 is 0 Å². The standard InChI is InChI=1S/C18H12N4/c1-5-13-6-2-8-15(18-21-11-4-12-22-18)16(13)14(7-1)17-19-9-3-10-20-17/h1-12H. The minimum Gasteiger partial charge on any atom is -0.237 e. The van der Waals surface area contributed by atoms with E-state index in [1.807, 2.05) is 36.4 Å². The maximum Gasteiger partial charge on any atom is 0.159 e. The highest BCUT2D eigenvalue weighted by molar-refractivity contribution is 6.04. The van der Waals surface area contributed by atoms with E-state index in [0.29, 0.717) is 11.6 Å². The Kier molecular flexibility index (Phi) is 3.05. The Morgan fingerprint density at radius 3 is 1.41 bits per heavy atom. The van der Waals surface area contributed by atoms with E-state index in [4.69, 9.17) is 0 Å². The first-order valence-electron chi connectivity index (χ1n) is 7.00. The van der Waals surface area contributed by atoms with E-state index in [1.54, 1.807) is 24.8 Å². The molecule has 0 spiro atoms. The maximum atomic E-state index is 4.38. The molecular weight excluding hydrogens is 272 g/mol. The molecule has 0 aliphatic heterocycles. The molecular formula is C18H12N4. The van der Waals surface area contributed by atoms with Gasteiger partial charge in [-0.25, -0.2) is 19.9 Å². The van der Waals surface area contributed by atoms with Gasteiger partial charge < -0.3 is 0 Å². The summed E-state index contributed by atoms with van der Waals surface area (Å²) in [7, 11) is 0. The summed E-state index contributed by atoms with van der Waals surface area (Å²) in [6.45, 7) is 0. The summed E-state index contributed by atoms with van der Waals surface area (Å²) in [6, 6.07) is 15.9. The predicted molar refractivity (Wildman–Crippen MR) is 86.0 cm³/mol. The van der Waals surface area contributed by atoms with Crippen LogP contribution in [0.1, 0.15) is 0 Å². The quantitative estimate of drug-likeness (QED) is 0.562. The molecule has 0 amide bonds. The highest BCUT2D eigenvalue weighted by Crippen LogP contribution is 2.33. The Morgan fingerprint density at radius 1 is 0.500 bits per heavy atom. The summed E-state index contributed by atoms with van der Waals surface area (Å²) < 4.78 is 0. The van der Waals surface area contributed by atoms with Crippen LogP contribution in [-0.4, -0.2) is 19.9 Å². The molecule has 104 valence electrons. The first-order valence-corrected chi connectivity index (χ1v) is 7.00. The number of aromatic nitrogens is 4. The monoisotopic (exact) mass is 284 g/mol. The van der Waals surface area contributed by atoms with Gasteiger partial charge in [-0.3, -0.25) is 0 Å². The zero-order valence-electron chi connectivity index (χ0n) is 11.7. The van der Waals surface area contributed by atoms with E-state index >= 15 is 0 Å². The smallest absolute Gasteiger partial charge is 0.159 e. The first kappa shape index (κ1) is 12.6. The summed E-state index contributed by atoms with van der Waals surface area (Å²) >= 11 is 0. The van der Waals surface area contributed by atoms with Gasteiger partial charge in [0.25, 0.3) is 0 Å². The highest BCUT2D eigenvalue weighted by Gasteiger charge is 2.12. The van der Waals surface area contributed by atoms with E-state index in [9.17, 15) is 0 Å². The van der Waals surface area contributed by atoms with Gasteiger partial charge in [-0.2, -0.15) is 0 Å². The summed E-state index contributed by atoms with van der Waals surface area (Å²) in [6.07, 6.45) is 7.01. The third kappa shape index (κ3) is 2.11. The van der Waals surface area contributed by atoms with Crippen LogP contribution < -0.4 is 0 Å². The van der Waals surface area contributed by atoms with E-state index in [1.165, 1.54) is 0 Å². The van der Waals surface area contributed by atoms with Gasteiger partial charge in [0, 0.05) is 41.3 Å². The van der Waals surface area contributed by atoms with Crippen molar-refractivity contribution in [1.29, 1.82) is 0 Å². The summed E-state index contributed by atoms with van der Waals surface area (Å²) in [5.41, 5.74) is 1.97. The van der Waals surface area contributed by atoms with Crippen molar-refractivity contribution in [1.82, 2.24) is 19.9 Å². The molecule has 0 saturated heterocycles. The van der Waals surface area contributed by atoms with Crippen LogP contribution in [0.25, 0.3) is 33.5 Å². The number of hydrogen-bond acceptors (Lipinski definition) is 4. The van der Waals surface area contributed by atoms with Gasteiger partial charge in [0.05, 0.1) is 0 Å². The second-order valence-electron chi connectivity index (χ2n) is 4.85. The van der Waals surface area contributed by atoms with Gasteiger partial charge in [-0.1, -0.05) is 36.4 Å². The molecule has 4 aromatic rings. The van der Waals surface area contributed by atoms with Crippen molar-refractivity contribution in [2.24, 2.45) is 0 Å². The van der Waals surface area contributed by atoms with Crippen molar-refractivity contribution in [2.45, 2.75) is 0 Å². The molecule has 0 atom stereocenters.